The Morgan fingerprint density at radius 3 is 2.04 bits per heavy atom. The summed E-state index contributed by atoms with van der Waals surface area (Å²) in [5.74, 6) is -2.62. The molecule has 0 unspecified atom stereocenters. The number of ether oxygens (including phenoxy) is 1. The van der Waals surface area contributed by atoms with Crippen LogP contribution in [0.5, 0.6) is 0 Å². The molecule has 1 amide bonds. The van der Waals surface area contributed by atoms with E-state index in [0.717, 1.165) is 19.5 Å². The molecule has 128 valence electrons. The Labute approximate surface area is 136 Å². The van der Waals surface area contributed by atoms with Crippen LogP contribution in [0.1, 0.15) is 11.4 Å². The number of hydrogen-bond donors (Lipinski definition) is 2. The van der Waals surface area contributed by atoms with Gasteiger partial charge in [0.1, 0.15) is 11.6 Å². The van der Waals surface area contributed by atoms with Gasteiger partial charge in [0.25, 0.3) is 0 Å². The summed E-state index contributed by atoms with van der Waals surface area (Å²) in [6.07, 6.45) is 2.18. The van der Waals surface area contributed by atoms with Crippen LogP contribution in [0.15, 0.2) is 36.7 Å². The van der Waals surface area contributed by atoms with E-state index in [-0.39, 0.29) is 12.4 Å². The second-order valence-corrected chi connectivity index (χ2v) is 4.31. The lowest BCUT2D eigenvalue weighted by molar-refractivity contribution is -0.152. The molecule has 0 aliphatic carbocycles. The third-order valence-corrected chi connectivity index (χ3v) is 2.59. The number of aromatic nitrogens is 2. The summed E-state index contributed by atoms with van der Waals surface area (Å²) in [5.41, 5.74) is 6.37. The van der Waals surface area contributed by atoms with Crippen LogP contribution in [-0.4, -0.2) is 29.0 Å². The van der Waals surface area contributed by atoms with Crippen molar-refractivity contribution in [1.29, 1.82) is 0 Å². The van der Waals surface area contributed by atoms with Gasteiger partial charge in [0, 0.05) is 6.54 Å². The van der Waals surface area contributed by atoms with Gasteiger partial charge in [-0.25, -0.2) is 13.6 Å². The van der Waals surface area contributed by atoms with Crippen molar-refractivity contribution in [3.8, 4) is 0 Å². The number of halogens is 2. The zero-order valence-electron chi connectivity index (χ0n) is 12.8. The van der Waals surface area contributed by atoms with E-state index in [2.05, 4.69) is 20.0 Å². The fourth-order valence-electron chi connectivity index (χ4n) is 1.37. The van der Waals surface area contributed by atoms with E-state index < -0.39 is 17.7 Å². The number of carbonyl (C=O) groups excluding carboxylic acids is 2. The first-order chi connectivity index (χ1) is 11.5. The maximum absolute atomic E-state index is 12.4. The van der Waals surface area contributed by atoms with Crippen LogP contribution in [-0.2, 0) is 27.4 Å². The van der Waals surface area contributed by atoms with E-state index in [0.29, 0.717) is 17.9 Å². The van der Waals surface area contributed by atoms with Crippen LogP contribution in [0.2, 0.25) is 0 Å². The van der Waals surface area contributed by atoms with Crippen molar-refractivity contribution in [3.63, 3.8) is 0 Å². The first kappa shape index (κ1) is 19.1. The molecule has 0 aromatic carbocycles. The lowest BCUT2D eigenvalue weighted by Gasteiger charge is -2.02. The molecule has 0 saturated heterocycles. The number of nitrogens with one attached hydrogen (secondary N) is 1. The number of rotatable bonds is 3. The van der Waals surface area contributed by atoms with Crippen molar-refractivity contribution in [2.24, 2.45) is 5.73 Å². The molecule has 0 bridgehead atoms. The zero-order valence-corrected chi connectivity index (χ0v) is 12.8. The number of methoxy groups -OCH3 is 1. The second kappa shape index (κ2) is 9.95. The zero-order chi connectivity index (χ0) is 17.9. The van der Waals surface area contributed by atoms with Gasteiger partial charge in [-0.05, 0) is 24.3 Å². The Morgan fingerprint density at radius 1 is 1.08 bits per heavy atom. The fourth-order valence-corrected chi connectivity index (χ4v) is 1.37. The Bertz CT molecular complexity index is 663. The number of esters is 1. The summed E-state index contributed by atoms with van der Waals surface area (Å²) in [4.78, 5) is 29.0. The largest absolute Gasteiger partial charge is 0.462 e. The van der Waals surface area contributed by atoms with E-state index in [1.54, 1.807) is 6.07 Å². The van der Waals surface area contributed by atoms with Crippen LogP contribution in [0.25, 0.3) is 0 Å². The molecule has 2 rings (SSSR count). The number of carbonyl (C=O) groups is 2. The van der Waals surface area contributed by atoms with Crippen LogP contribution in [0.3, 0.4) is 0 Å². The Morgan fingerprint density at radius 2 is 1.62 bits per heavy atom. The maximum atomic E-state index is 12.4. The number of hydrogen-bond acceptors (Lipinski definition) is 6. The number of amides is 1. The lowest BCUT2D eigenvalue weighted by Crippen LogP contribution is -2.31. The molecule has 2 aromatic rings. The fraction of sp³-hybridized carbons (Fsp3) is 0.200. The van der Waals surface area contributed by atoms with Gasteiger partial charge in [-0.15, -0.1) is 0 Å². The topological polar surface area (TPSA) is 107 Å². The van der Waals surface area contributed by atoms with Crippen LogP contribution >= 0.6 is 0 Å². The molecule has 0 spiro atoms. The van der Waals surface area contributed by atoms with Gasteiger partial charge in [0.15, 0.2) is 0 Å². The summed E-state index contributed by atoms with van der Waals surface area (Å²) in [5, 5.41) is 2.27. The summed E-state index contributed by atoms with van der Waals surface area (Å²) in [6, 6.07) is 5.53. The highest BCUT2D eigenvalue weighted by molar-refractivity contribution is 6.32. The molecule has 9 heteroatoms. The van der Waals surface area contributed by atoms with Crippen LogP contribution in [0, 0.1) is 11.6 Å². The van der Waals surface area contributed by atoms with Gasteiger partial charge in [-0.3, -0.25) is 14.8 Å². The van der Waals surface area contributed by atoms with Crippen molar-refractivity contribution in [1.82, 2.24) is 15.3 Å². The predicted octanol–water partition coefficient (Wildman–Crippen LogP) is 0.689. The number of nitrogens with two attached hydrogens (primary N) is 1. The maximum Gasteiger partial charge on any atom is 0.396 e. The monoisotopic (exact) mass is 338 g/mol. The van der Waals surface area contributed by atoms with Crippen molar-refractivity contribution in [3.05, 3.63) is 59.7 Å². The van der Waals surface area contributed by atoms with Crippen LogP contribution < -0.4 is 11.1 Å². The minimum atomic E-state index is -0.975. The van der Waals surface area contributed by atoms with Crippen molar-refractivity contribution < 1.29 is 23.1 Å². The summed E-state index contributed by atoms with van der Waals surface area (Å²) >= 11 is 0. The molecule has 2 heterocycles. The third kappa shape index (κ3) is 6.88. The molecule has 0 aliphatic heterocycles. The average Bonchev–Trinajstić information content (AvgIpc) is 2.61. The Hall–Kier alpha value is -2.94. The van der Waals surface area contributed by atoms with Gasteiger partial charge in [0.2, 0.25) is 0 Å². The quantitative estimate of drug-likeness (QED) is 0.630. The molecular formula is C15H16F2N4O3. The highest BCUT2D eigenvalue weighted by Gasteiger charge is 2.12. The molecule has 0 saturated carbocycles. The normalized spacial score (nSPS) is 9.50. The highest BCUT2D eigenvalue weighted by atomic mass is 19.1. The van der Waals surface area contributed by atoms with E-state index in [1.165, 1.54) is 18.2 Å². The second-order valence-electron chi connectivity index (χ2n) is 4.31. The van der Waals surface area contributed by atoms with E-state index in [4.69, 9.17) is 5.73 Å². The van der Waals surface area contributed by atoms with E-state index >= 15 is 0 Å². The molecule has 3 N–H and O–H groups in total. The summed E-state index contributed by atoms with van der Waals surface area (Å²) in [7, 11) is 1.11. The SMILES string of the molecule is COC(=O)C(=O)NCc1ccc(F)cn1.NCc1ccc(F)cn1. The number of pyridine rings is 2. The Kier molecular flexibility index (Phi) is 7.92. The molecule has 0 fully saturated rings. The third-order valence-electron chi connectivity index (χ3n) is 2.59. The standard InChI is InChI=1S/C9H9FN2O3.C6H7FN2/c1-15-9(14)8(13)12-5-7-3-2-6(10)4-11-7;7-5-1-2-6(3-8)9-4-5/h2-4H,5H2,1H3,(H,12,13);1-2,4H,3,8H2. The number of nitrogens with zero attached hydrogens (tertiary/aromatic N) is 2. The summed E-state index contributed by atoms with van der Waals surface area (Å²) in [6.45, 7) is 0.411. The predicted molar refractivity (Wildman–Crippen MR) is 80.1 cm³/mol. The molecule has 0 aliphatic rings. The van der Waals surface area contributed by atoms with Crippen molar-refractivity contribution in [2.45, 2.75) is 13.1 Å². The van der Waals surface area contributed by atoms with Gasteiger partial charge in [-0.1, -0.05) is 0 Å². The molecular weight excluding hydrogens is 322 g/mol. The molecule has 24 heavy (non-hydrogen) atoms. The molecule has 0 radical (unpaired) electrons. The molecule has 2 aromatic heterocycles. The van der Waals surface area contributed by atoms with Crippen molar-refractivity contribution in [2.75, 3.05) is 7.11 Å². The first-order valence-corrected chi connectivity index (χ1v) is 6.73. The smallest absolute Gasteiger partial charge is 0.396 e. The first-order valence-electron chi connectivity index (χ1n) is 6.73. The molecule has 7 nitrogen and oxygen atoms in total. The molecule has 0 atom stereocenters. The van der Waals surface area contributed by atoms with Gasteiger partial charge in [0.05, 0.1) is 37.4 Å². The van der Waals surface area contributed by atoms with E-state index in [1.807, 2.05) is 0 Å². The lowest BCUT2D eigenvalue weighted by atomic mass is 10.3. The van der Waals surface area contributed by atoms with Crippen molar-refractivity contribution >= 4 is 11.9 Å². The Balaban J connectivity index is 0.000000272. The van der Waals surface area contributed by atoms with Crippen LogP contribution in [0.4, 0.5) is 8.78 Å². The van der Waals surface area contributed by atoms with E-state index in [9.17, 15) is 18.4 Å². The minimum Gasteiger partial charge on any atom is -0.462 e. The van der Waals surface area contributed by atoms with Gasteiger partial charge in [-0.2, -0.15) is 0 Å². The van der Waals surface area contributed by atoms with Gasteiger partial charge >= 0.3 is 11.9 Å². The van der Waals surface area contributed by atoms with Gasteiger partial charge < -0.3 is 15.8 Å². The minimum absolute atomic E-state index is 0.0498. The summed E-state index contributed by atoms with van der Waals surface area (Å²) < 4.78 is 28.8. The average molecular weight is 338 g/mol. The highest BCUT2D eigenvalue weighted by Crippen LogP contribution is 1.97.